The van der Waals surface area contributed by atoms with Crippen LogP contribution >= 0.6 is 0 Å². The van der Waals surface area contributed by atoms with E-state index >= 15 is 0 Å². The van der Waals surface area contributed by atoms with E-state index in [1.54, 1.807) is 14.2 Å². The van der Waals surface area contributed by atoms with E-state index in [9.17, 15) is 0 Å². The average molecular weight is 194 g/mol. The molecule has 0 aliphatic heterocycles. The molecule has 0 amide bonds. The fraction of sp³-hybridized carbons (Fsp3) is 0.500. The second-order valence-electron chi connectivity index (χ2n) is 3.59. The van der Waals surface area contributed by atoms with E-state index in [-0.39, 0.29) is 0 Å². The third-order valence-electron chi connectivity index (χ3n) is 2.30. The van der Waals surface area contributed by atoms with Crippen molar-refractivity contribution in [3.05, 3.63) is 34.4 Å². The number of methoxy groups -OCH3 is 2. The van der Waals surface area contributed by atoms with Crippen LogP contribution < -0.4 is 0 Å². The van der Waals surface area contributed by atoms with Gasteiger partial charge in [0.2, 0.25) is 0 Å². The summed E-state index contributed by atoms with van der Waals surface area (Å²) in [6.07, 6.45) is 0. The van der Waals surface area contributed by atoms with Gasteiger partial charge in [-0.3, -0.25) is 0 Å². The minimum Gasteiger partial charge on any atom is -0.380 e. The minimum atomic E-state index is 0.654. The zero-order chi connectivity index (χ0) is 10.6. The summed E-state index contributed by atoms with van der Waals surface area (Å²) in [6, 6.07) is 4.33. The Labute approximate surface area is 85.8 Å². The lowest BCUT2D eigenvalue weighted by atomic mass is 10.00. The molecule has 0 radical (unpaired) electrons. The smallest absolute Gasteiger partial charge is 0.0719 e. The predicted molar refractivity (Wildman–Crippen MR) is 57.3 cm³/mol. The molecule has 2 heteroatoms. The third kappa shape index (κ3) is 2.56. The Morgan fingerprint density at radius 1 is 1.00 bits per heavy atom. The average Bonchev–Trinajstić information content (AvgIpc) is 2.11. The molecule has 0 saturated carbocycles. The molecule has 0 fully saturated rings. The SMILES string of the molecule is COCc1cc(C)cc(C)c1COC. The molecule has 1 aromatic rings. The molecule has 0 spiro atoms. The van der Waals surface area contributed by atoms with Crippen LogP contribution in [0.4, 0.5) is 0 Å². The molecule has 0 bridgehead atoms. The van der Waals surface area contributed by atoms with Crippen LogP contribution in [0, 0.1) is 13.8 Å². The third-order valence-corrected chi connectivity index (χ3v) is 2.30. The van der Waals surface area contributed by atoms with Crippen LogP contribution in [-0.2, 0) is 22.7 Å². The quantitative estimate of drug-likeness (QED) is 0.733. The van der Waals surface area contributed by atoms with E-state index in [2.05, 4.69) is 26.0 Å². The lowest BCUT2D eigenvalue weighted by Crippen LogP contribution is -2.01. The second-order valence-corrected chi connectivity index (χ2v) is 3.59. The summed E-state index contributed by atoms with van der Waals surface area (Å²) in [5.74, 6) is 0. The molecule has 0 aliphatic rings. The van der Waals surface area contributed by atoms with Crippen molar-refractivity contribution in [1.29, 1.82) is 0 Å². The molecule has 1 aromatic carbocycles. The van der Waals surface area contributed by atoms with Gasteiger partial charge in [0.05, 0.1) is 13.2 Å². The number of benzene rings is 1. The molecule has 0 aliphatic carbocycles. The van der Waals surface area contributed by atoms with Crippen LogP contribution in [-0.4, -0.2) is 14.2 Å². The molecule has 0 saturated heterocycles. The Hall–Kier alpha value is -0.860. The molecule has 0 atom stereocenters. The molecule has 0 heterocycles. The molecule has 2 nitrogen and oxygen atoms in total. The van der Waals surface area contributed by atoms with Crippen molar-refractivity contribution >= 4 is 0 Å². The molecule has 78 valence electrons. The standard InChI is InChI=1S/C12H18O2/c1-9-5-10(2)12(8-14-4)11(6-9)7-13-3/h5-6H,7-8H2,1-4H3. The van der Waals surface area contributed by atoms with Gasteiger partial charge in [-0.15, -0.1) is 0 Å². The van der Waals surface area contributed by atoms with Crippen molar-refractivity contribution in [3.8, 4) is 0 Å². The Kier molecular flexibility index (Phi) is 4.11. The first-order chi connectivity index (χ1) is 6.69. The Morgan fingerprint density at radius 3 is 2.21 bits per heavy atom. The summed E-state index contributed by atoms with van der Waals surface area (Å²) in [6.45, 7) is 5.52. The highest BCUT2D eigenvalue weighted by Gasteiger charge is 2.06. The van der Waals surface area contributed by atoms with Crippen LogP contribution in [0.15, 0.2) is 12.1 Å². The van der Waals surface area contributed by atoms with Gasteiger partial charge in [-0.05, 0) is 30.5 Å². The number of hydrogen-bond donors (Lipinski definition) is 0. The van der Waals surface area contributed by atoms with Crippen molar-refractivity contribution in [2.24, 2.45) is 0 Å². The van der Waals surface area contributed by atoms with Gasteiger partial charge in [0, 0.05) is 14.2 Å². The minimum absolute atomic E-state index is 0.654. The van der Waals surface area contributed by atoms with Crippen LogP contribution in [0.2, 0.25) is 0 Å². The highest BCUT2D eigenvalue weighted by molar-refractivity contribution is 5.37. The molecular weight excluding hydrogens is 176 g/mol. The fourth-order valence-electron chi connectivity index (χ4n) is 1.72. The van der Waals surface area contributed by atoms with Gasteiger partial charge in [-0.25, -0.2) is 0 Å². The van der Waals surface area contributed by atoms with Crippen molar-refractivity contribution in [1.82, 2.24) is 0 Å². The first-order valence-electron chi connectivity index (χ1n) is 4.76. The molecule has 1 rings (SSSR count). The first kappa shape index (κ1) is 11.2. The topological polar surface area (TPSA) is 18.5 Å². The summed E-state index contributed by atoms with van der Waals surface area (Å²) in [7, 11) is 3.43. The second kappa shape index (κ2) is 5.13. The number of aryl methyl sites for hydroxylation is 2. The zero-order valence-corrected chi connectivity index (χ0v) is 9.39. The van der Waals surface area contributed by atoms with E-state index in [1.807, 2.05) is 0 Å². The van der Waals surface area contributed by atoms with Gasteiger partial charge in [0.25, 0.3) is 0 Å². The maximum absolute atomic E-state index is 5.18. The van der Waals surface area contributed by atoms with Crippen LogP contribution in [0.5, 0.6) is 0 Å². The largest absolute Gasteiger partial charge is 0.380 e. The zero-order valence-electron chi connectivity index (χ0n) is 9.39. The maximum atomic E-state index is 5.18. The number of ether oxygens (including phenoxy) is 2. The van der Waals surface area contributed by atoms with Gasteiger partial charge < -0.3 is 9.47 Å². The molecular formula is C12H18O2. The van der Waals surface area contributed by atoms with Crippen molar-refractivity contribution < 1.29 is 9.47 Å². The first-order valence-corrected chi connectivity index (χ1v) is 4.76. The summed E-state index contributed by atoms with van der Waals surface area (Å²) >= 11 is 0. The molecule has 0 aromatic heterocycles. The van der Waals surface area contributed by atoms with Gasteiger partial charge in [-0.1, -0.05) is 17.7 Å². The fourth-order valence-corrected chi connectivity index (χ4v) is 1.72. The lowest BCUT2D eigenvalue weighted by molar-refractivity contribution is 0.168. The van der Waals surface area contributed by atoms with E-state index in [0.29, 0.717) is 13.2 Å². The maximum Gasteiger partial charge on any atom is 0.0719 e. The normalized spacial score (nSPS) is 10.6. The van der Waals surface area contributed by atoms with Gasteiger partial charge in [0.15, 0.2) is 0 Å². The summed E-state index contributed by atoms with van der Waals surface area (Å²) in [5.41, 5.74) is 5.03. The number of rotatable bonds is 4. The summed E-state index contributed by atoms with van der Waals surface area (Å²) in [4.78, 5) is 0. The van der Waals surface area contributed by atoms with Crippen LogP contribution in [0.3, 0.4) is 0 Å². The molecule has 14 heavy (non-hydrogen) atoms. The van der Waals surface area contributed by atoms with E-state index < -0.39 is 0 Å². The Bertz CT molecular complexity index is 305. The molecule has 0 N–H and O–H groups in total. The number of hydrogen-bond acceptors (Lipinski definition) is 2. The van der Waals surface area contributed by atoms with Crippen molar-refractivity contribution in [2.75, 3.05) is 14.2 Å². The Morgan fingerprint density at radius 2 is 1.64 bits per heavy atom. The van der Waals surface area contributed by atoms with Crippen molar-refractivity contribution in [2.45, 2.75) is 27.1 Å². The van der Waals surface area contributed by atoms with Gasteiger partial charge >= 0.3 is 0 Å². The van der Waals surface area contributed by atoms with E-state index in [1.165, 1.54) is 22.3 Å². The predicted octanol–water partition coefficient (Wildman–Crippen LogP) is 2.60. The van der Waals surface area contributed by atoms with Crippen LogP contribution in [0.25, 0.3) is 0 Å². The highest BCUT2D eigenvalue weighted by Crippen LogP contribution is 2.18. The monoisotopic (exact) mass is 194 g/mol. The van der Waals surface area contributed by atoms with Gasteiger partial charge in [-0.2, -0.15) is 0 Å². The van der Waals surface area contributed by atoms with Gasteiger partial charge in [0.1, 0.15) is 0 Å². The van der Waals surface area contributed by atoms with Crippen molar-refractivity contribution in [3.63, 3.8) is 0 Å². The van der Waals surface area contributed by atoms with E-state index in [0.717, 1.165) is 0 Å². The lowest BCUT2D eigenvalue weighted by Gasteiger charge is -2.12. The van der Waals surface area contributed by atoms with E-state index in [4.69, 9.17) is 9.47 Å². The van der Waals surface area contributed by atoms with Crippen LogP contribution in [0.1, 0.15) is 22.3 Å². The summed E-state index contributed by atoms with van der Waals surface area (Å²) < 4.78 is 10.3. The highest BCUT2D eigenvalue weighted by atomic mass is 16.5. The molecule has 0 unspecified atom stereocenters. The Balaban J connectivity index is 3.07. The summed E-state index contributed by atoms with van der Waals surface area (Å²) in [5, 5.41) is 0.